The van der Waals surface area contributed by atoms with E-state index >= 15 is 0 Å². The Morgan fingerprint density at radius 3 is 2.17 bits per heavy atom. The van der Waals surface area contributed by atoms with Crippen LogP contribution in [0.2, 0.25) is 0 Å². The minimum absolute atomic E-state index is 0.213. The van der Waals surface area contributed by atoms with Gasteiger partial charge >= 0.3 is 0 Å². The number of anilines is 1. The van der Waals surface area contributed by atoms with Crippen LogP contribution < -0.4 is 10.6 Å². The minimum Gasteiger partial charge on any atom is -0.359 e. The molecule has 1 atom stereocenters. The molecule has 2 N–H and O–H groups in total. The van der Waals surface area contributed by atoms with Gasteiger partial charge in [0.2, 0.25) is 0 Å². The highest BCUT2D eigenvalue weighted by Gasteiger charge is 2.20. The zero-order valence-corrected chi connectivity index (χ0v) is 12.5. The van der Waals surface area contributed by atoms with Crippen LogP contribution in [-0.4, -0.2) is 13.1 Å². The molecule has 0 aliphatic rings. The summed E-state index contributed by atoms with van der Waals surface area (Å²) >= 11 is 0. The monoisotopic (exact) mass is 246 g/mol. The van der Waals surface area contributed by atoms with Crippen LogP contribution in [0.1, 0.15) is 33.3 Å². The van der Waals surface area contributed by atoms with E-state index in [-0.39, 0.29) is 5.41 Å². The van der Waals surface area contributed by atoms with Gasteiger partial charge in [-0.2, -0.15) is 0 Å². The number of hydrogen-bond acceptors (Lipinski definition) is 2. The first-order valence-corrected chi connectivity index (χ1v) is 6.52. The normalized spacial score (nSPS) is 14.4. The predicted octanol–water partition coefficient (Wildman–Crippen LogP) is 3.94. The highest BCUT2D eigenvalue weighted by atomic mass is 14.9. The molecule has 0 aromatic heterocycles. The fraction of sp³-hybridized carbons (Fsp3) is 0.500. The van der Waals surface area contributed by atoms with E-state index in [1.807, 2.05) is 7.05 Å². The van der Waals surface area contributed by atoms with Crippen molar-refractivity contribution in [1.82, 2.24) is 5.32 Å². The van der Waals surface area contributed by atoms with E-state index in [2.05, 4.69) is 75.6 Å². The molecule has 0 saturated heterocycles. The molecule has 0 aliphatic heterocycles. The van der Waals surface area contributed by atoms with Crippen LogP contribution in [0, 0.1) is 12.3 Å². The summed E-state index contributed by atoms with van der Waals surface area (Å²) in [4.78, 5) is 0. The molecule has 1 aromatic carbocycles. The standard InChI is InChI=1S/C16H26N2/c1-12-7-9-14(10-8-12)18-13(2)11-15(17-6)16(3,4)5/h7-11,15,17-18H,1-6H3/b13-11-. The first-order valence-electron chi connectivity index (χ1n) is 6.52. The van der Waals surface area contributed by atoms with Crippen molar-refractivity contribution in [1.29, 1.82) is 0 Å². The minimum atomic E-state index is 0.213. The van der Waals surface area contributed by atoms with Crippen LogP contribution >= 0.6 is 0 Å². The summed E-state index contributed by atoms with van der Waals surface area (Å²) in [5.74, 6) is 0. The molecule has 0 radical (unpaired) electrons. The van der Waals surface area contributed by atoms with Gasteiger partial charge in [-0.1, -0.05) is 38.5 Å². The van der Waals surface area contributed by atoms with Gasteiger partial charge in [-0.3, -0.25) is 0 Å². The predicted molar refractivity (Wildman–Crippen MR) is 80.9 cm³/mol. The first kappa shape index (κ1) is 14.8. The molecule has 2 nitrogen and oxygen atoms in total. The van der Waals surface area contributed by atoms with Gasteiger partial charge in [0.1, 0.15) is 0 Å². The maximum atomic E-state index is 3.43. The zero-order valence-electron chi connectivity index (χ0n) is 12.5. The molecular formula is C16H26N2. The van der Waals surface area contributed by atoms with E-state index in [1.54, 1.807) is 0 Å². The van der Waals surface area contributed by atoms with E-state index < -0.39 is 0 Å². The summed E-state index contributed by atoms with van der Waals surface area (Å²) in [6.07, 6.45) is 2.25. The van der Waals surface area contributed by atoms with Crippen molar-refractivity contribution in [2.45, 2.75) is 40.7 Å². The van der Waals surface area contributed by atoms with E-state index in [4.69, 9.17) is 0 Å². The Morgan fingerprint density at radius 2 is 1.72 bits per heavy atom. The van der Waals surface area contributed by atoms with Crippen LogP contribution in [0.4, 0.5) is 5.69 Å². The highest BCUT2D eigenvalue weighted by molar-refractivity contribution is 5.48. The molecule has 100 valence electrons. The molecular weight excluding hydrogens is 220 g/mol. The van der Waals surface area contributed by atoms with Gasteiger partial charge in [-0.05, 0) is 44.5 Å². The Labute approximate surface area is 111 Å². The van der Waals surface area contributed by atoms with Crippen LogP contribution in [0.15, 0.2) is 36.0 Å². The van der Waals surface area contributed by atoms with Gasteiger partial charge in [0, 0.05) is 17.4 Å². The summed E-state index contributed by atoms with van der Waals surface area (Å²) in [5.41, 5.74) is 3.81. The molecule has 0 heterocycles. The molecule has 2 heteroatoms. The number of nitrogens with one attached hydrogen (secondary N) is 2. The van der Waals surface area contributed by atoms with Crippen molar-refractivity contribution in [3.05, 3.63) is 41.6 Å². The van der Waals surface area contributed by atoms with Crippen molar-refractivity contribution in [3.63, 3.8) is 0 Å². The molecule has 0 spiro atoms. The van der Waals surface area contributed by atoms with Crippen molar-refractivity contribution >= 4 is 5.69 Å². The summed E-state index contributed by atoms with van der Waals surface area (Å²) < 4.78 is 0. The molecule has 0 amide bonds. The molecule has 0 bridgehead atoms. The SMILES string of the molecule is CNC(/C=C(/C)Nc1ccc(C)cc1)C(C)(C)C. The summed E-state index contributed by atoms with van der Waals surface area (Å²) in [6.45, 7) is 10.9. The third-order valence-corrected chi connectivity index (χ3v) is 3.05. The maximum Gasteiger partial charge on any atom is 0.0381 e. The average Bonchev–Trinajstić information content (AvgIpc) is 2.27. The second kappa shape index (κ2) is 6.05. The van der Waals surface area contributed by atoms with Crippen molar-refractivity contribution in [2.75, 3.05) is 12.4 Å². The number of likely N-dealkylation sites (N-methyl/N-ethyl adjacent to an activating group) is 1. The lowest BCUT2D eigenvalue weighted by molar-refractivity contribution is 0.327. The maximum absolute atomic E-state index is 3.43. The van der Waals surface area contributed by atoms with Crippen LogP contribution in [0.5, 0.6) is 0 Å². The Kier molecular flexibility index (Phi) is 4.97. The number of rotatable bonds is 4. The quantitative estimate of drug-likeness (QED) is 0.840. The molecule has 0 saturated carbocycles. The summed E-state index contributed by atoms with van der Waals surface area (Å²) in [5, 5.41) is 6.78. The Bertz CT molecular complexity index is 396. The van der Waals surface area contributed by atoms with Gasteiger partial charge < -0.3 is 10.6 Å². The van der Waals surface area contributed by atoms with E-state index in [0.29, 0.717) is 6.04 Å². The first-order chi connectivity index (χ1) is 8.32. The lowest BCUT2D eigenvalue weighted by Crippen LogP contribution is -2.36. The largest absolute Gasteiger partial charge is 0.359 e. The lowest BCUT2D eigenvalue weighted by Gasteiger charge is -2.28. The van der Waals surface area contributed by atoms with E-state index in [9.17, 15) is 0 Å². The molecule has 0 aliphatic carbocycles. The Hall–Kier alpha value is -1.28. The number of allylic oxidation sites excluding steroid dienone is 1. The molecule has 1 unspecified atom stereocenters. The van der Waals surface area contributed by atoms with Gasteiger partial charge in [0.05, 0.1) is 0 Å². The average molecular weight is 246 g/mol. The zero-order chi connectivity index (χ0) is 13.8. The number of aryl methyl sites for hydroxylation is 1. The van der Waals surface area contributed by atoms with Gasteiger partial charge in [-0.15, -0.1) is 0 Å². The third kappa shape index (κ3) is 4.53. The summed E-state index contributed by atoms with van der Waals surface area (Å²) in [6, 6.07) is 8.82. The topological polar surface area (TPSA) is 24.1 Å². The van der Waals surface area contributed by atoms with Crippen LogP contribution in [0.25, 0.3) is 0 Å². The number of benzene rings is 1. The molecule has 1 aromatic rings. The van der Waals surface area contributed by atoms with E-state index in [0.717, 1.165) is 5.69 Å². The third-order valence-electron chi connectivity index (χ3n) is 3.05. The summed E-state index contributed by atoms with van der Waals surface area (Å²) in [7, 11) is 2.01. The highest BCUT2D eigenvalue weighted by Crippen LogP contribution is 2.21. The lowest BCUT2D eigenvalue weighted by atomic mass is 9.86. The molecule has 18 heavy (non-hydrogen) atoms. The second-order valence-corrected chi connectivity index (χ2v) is 5.97. The Morgan fingerprint density at radius 1 is 1.17 bits per heavy atom. The Balaban J connectivity index is 2.75. The van der Waals surface area contributed by atoms with Gasteiger partial charge in [0.15, 0.2) is 0 Å². The van der Waals surface area contributed by atoms with Gasteiger partial charge in [-0.25, -0.2) is 0 Å². The van der Waals surface area contributed by atoms with Crippen LogP contribution in [-0.2, 0) is 0 Å². The van der Waals surface area contributed by atoms with E-state index in [1.165, 1.54) is 11.3 Å². The second-order valence-electron chi connectivity index (χ2n) is 5.97. The fourth-order valence-corrected chi connectivity index (χ4v) is 1.92. The number of hydrogen-bond donors (Lipinski definition) is 2. The van der Waals surface area contributed by atoms with Crippen molar-refractivity contribution < 1.29 is 0 Å². The van der Waals surface area contributed by atoms with Gasteiger partial charge in [0.25, 0.3) is 0 Å². The fourth-order valence-electron chi connectivity index (χ4n) is 1.92. The molecule has 1 rings (SSSR count). The van der Waals surface area contributed by atoms with Crippen molar-refractivity contribution in [2.24, 2.45) is 5.41 Å². The smallest absolute Gasteiger partial charge is 0.0381 e. The van der Waals surface area contributed by atoms with Crippen molar-refractivity contribution in [3.8, 4) is 0 Å². The molecule has 0 fully saturated rings. The van der Waals surface area contributed by atoms with Crippen LogP contribution in [0.3, 0.4) is 0 Å².